The van der Waals surface area contributed by atoms with Crippen LogP contribution >= 0.6 is 0 Å². The lowest BCUT2D eigenvalue weighted by Crippen LogP contribution is -2.09. The zero-order valence-corrected chi connectivity index (χ0v) is 13.8. The van der Waals surface area contributed by atoms with Crippen molar-refractivity contribution in [2.24, 2.45) is 0 Å². The number of carboxylic acid groups (broad SMARTS) is 2. The van der Waals surface area contributed by atoms with E-state index in [4.69, 9.17) is 10.2 Å². The van der Waals surface area contributed by atoms with Crippen molar-refractivity contribution in [3.05, 3.63) is 35.4 Å². The molecule has 1 rings (SSSR count). The van der Waals surface area contributed by atoms with Crippen LogP contribution in [0.5, 0.6) is 0 Å². The molecule has 6 heteroatoms. The highest BCUT2D eigenvalue weighted by atomic mass is 16.4. The average Bonchev–Trinajstić information content (AvgIpc) is 2.50. The average molecular weight is 312 g/mol. The summed E-state index contributed by atoms with van der Waals surface area (Å²) in [4.78, 5) is 20.9. The van der Waals surface area contributed by atoms with E-state index in [9.17, 15) is 9.59 Å². The van der Waals surface area contributed by atoms with Crippen molar-refractivity contribution in [1.29, 1.82) is 0 Å². The molecule has 4 N–H and O–H groups in total. The molecule has 0 atom stereocenters. The van der Waals surface area contributed by atoms with Crippen molar-refractivity contribution in [3.8, 4) is 0 Å². The highest BCUT2D eigenvalue weighted by molar-refractivity contribution is 6.01. The van der Waals surface area contributed by atoms with Gasteiger partial charge in [0.1, 0.15) is 0 Å². The van der Waals surface area contributed by atoms with Crippen LogP contribution in [0.1, 0.15) is 48.4 Å². The van der Waals surface area contributed by atoms with E-state index in [0.29, 0.717) is 0 Å². The lowest BCUT2D eigenvalue weighted by Gasteiger charge is -1.98. The molecule has 6 nitrogen and oxygen atoms in total. The van der Waals surface area contributed by atoms with Gasteiger partial charge in [0.25, 0.3) is 0 Å². The fourth-order valence-electron chi connectivity index (χ4n) is 1.36. The van der Waals surface area contributed by atoms with Crippen molar-refractivity contribution >= 4 is 11.9 Å². The molecule has 0 amide bonds. The number of hydrogen-bond donors (Lipinski definition) is 4. The molecule has 0 unspecified atom stereocenters. The Balaban J connectivity index is 0. The molecular weight excluding hydrogens is 284 g/mol. The third kappa shape index (κ3) is 11.9. The summed E-state index contributed by atoms with van der Waals surface area (Å²) in [5.74, 6) is -2.46. The van der Waals surface area contributed by atoms with Gasteiger partial charge in [0.2, 0.25) is 0 Å². The van der Waals surface area contributed by atoms with Crippen molar-refractivity contribution in [2.45, 2.75) is 27.7 Å². The van der Waals surface area contributed by atoms with Gasteiger partial charge >= 0.3 is 11.9 Å². The van der Waals surface area contributed by atoms with Crippen LogP contribution in [0.2, 0.25) is 0 Å². The monoisotopic (exact) mass is 312 g/mol. The van der Waals surface area contributed by atoms with E-state index in [2.05, 4.69) is 38.3 Å². The van der Waals surface area contributed by atoms with E-state index < -0.39 is 11.9 Å². The molecule has 0 saturated heterocycles. The van der Waals surface area contributed by atoms with Crippen LogP contribution in [0.3, 0.4) is 0 Å². The highest BCUT2D eigenvalue weighted by Crippen LogP contribution is 2.07. The second-order valence-corrected chi connectivity index (χ2v) is 4.07. The number of hydrogen-bond acceptors (Lipinski definition) is 4. The summed E-state index contributed by atoms with van der Waals surface area (Å²) < 4.78 is 0. The van der Waals surface area contributed by atoms with Gasteiger partial charge in [0.05, 0.1) is 11.1 Å². The Labute approximate surface area is 132 Å². The summed E-state index contributed by atoms with van der Waals surface area (Å²) in [6.45, 7) is 12.8. The largest absolute Gasteiger partial charge is 0.478 e. The first-order chi connectivity index (χ1) is 10.5. The zero-order valence-electron chi connectivity index (χ0n) is 13.8. The van der Waals surface area contributed by atoms with Gasteiger partial charge in [-0.2, -0.15) is 0 Å². The minimum absolute atomic E-state index is 0.190. The van der Waals surface area contributed by atoms with Crippen LogP contribution in [-0.2, 0) is 0 Å². The van der Waals surface area contributed by atoms with E-state index in [0.717, 1.165) is 26.2 Å². The topological polar surface area (TPSA) is 98.7 Å². The molecule has 0 aliphatic heterocycles. The van der Waals surface area contributed by atoms with E-state index in [1.807, 2.05) is 0 Å². The fraction of sp³-hybridized carbons (Fsp3) is 0.500. The predicted molar refractivity (Wildman–Crippen MR) is 88.8 cm³/mol. The summed E-state index contributed by atoms with van der Waals surface area (Å²) in [5.41, 5.74) is -0.380. The maximum absolute atomic E-state index is 10.5. The minimum Gasteiger partial charge on any atom is -0.478 e. The van der Waals surface area contributed by atoms with Gasteiger partial charge in [-0.25, -0.2) is 9.59 Å². The number of benzene rings is 1. The van der Waals surface area contributed by atoms with Crippen LogP contribution in [0, 0.1) is 0 Å². The van der Waals surface area contributed by atoms with Crippen molar-refractivity contribution in [2.75, 3.05) is 26.2 Å². The molecule has 1 aromatic rings. The number of nitrogens with one attached hydrogen (secondary N) is 2. The molecule has 0 heterocycles. The number of carboxylic acids is 2. The van der Waals surface area contributed by atoms with Crippen LogP contribution in [0.4, 0.5) is 0 Å². The Morgan fingerprint density at radius 2 is 1.05 bits per heavy atom. The fourth-order valence-corrected chi connectivity index (χ4v) is 1.36. The molecule has 0 radical (unpaired) electrons. The van der Waals surface area contributed by atoms with E-state index in [-0.39, 0.29) is 11.1 Å². The molecule has 22 heavy (non-hydrogen) atoms. The quantitative estimate of drug-likeness (QED) is 0.643. The van der Waals surface area contributed by atoms with Gasteiger partial charge in [0, 0.05) is 0 Å². The number of aromatic carboxylic acids is 2. The Morgan fingerprint density at radius 3 is 1.18 bits per heavy atom. The van der Waals surface area contributed by atoms with Crippen LogP contribution in [-0.4, -0.2) is 48.3 Å². The minimum atomic E-state index is -1.23. The predicted octanol–water partition coefficient (Wildman–Crippen LogP) is 2.31. The normalized spacial score (nSPS) is 8.91. The first-order valence-electron chi connectivity index (χ1n) is 7.43. The third-order valence-corrected chi connectivity index (χ3v) is 2.39. The first-order valence-corrected chi connectivity index (χ1v) is 7.43. The third-order valence-electron chi connectivity index (χ3n) is 2.39. The molecule has 0 aromatic heterocycles. The summed E-state index contributed by atoms with van der Waals surface area (Å²) in [6.07, 6.45) is 0. The maximum atomic E-state index is 10.5. The molecule has 0 aliphatic carbocycles. The van der Waals surface area contributed by atoms with E-state index in [1.54, 1.807) is 0 Å². The van der Waals surface area contributed by atoms with Crippen LogP contribution < -0.4 is 10.6 Å². The summed E-state index contributed by atoms with van der Waals surface area (Å²) >= 11 is 0. The van der Waals surface area contributed by atoms with Gasteiger partial charge in [0.15, 0.2) is 0 Å². The summed E-state index contributed by atoms with van der Waals surface area (Å²) in [5, 5.41) is 23.3. The number of rotatable bonds is 6. The molecule has 1 aromatic carbocycles. The first kappa shape index (κ1) is 22.4. The second-order valence-electron chi connectivity index (χ2n) is 4.07. The van der Waals surface area contributed by atoms with Crippen molar-refractivity contribution in [3.63, 3.8) is 0 Å². The van der Waals surface area contributed by atoms with Gasteiger partial charge in [-0.3, -0.25) is 0 Å². The smallest absolute Gasteiger partial charge is 0.336 e. The molecule has 126 valence electrons. The Bertz CT molecular complexity index is 379. The van der Waals surface area contributed by atoms with Crippen molar-refractivity contribution < 1.29 is 19.8 Å². The Hall–Kier alpha value is -1.92. The summed E-state index contributed by atoms with van der Waals surface area (Å²) in [6, 6.07) is 5.48. The van der Waals surface area contributed by atoms with E-state index in [1.165, 1.54) is 24.3 Å². The number of carbonyl (C=O) groups is 2. The molecule has 0 bridgehead atoms. The van der Waals surface area contributed by atoms with Gasteiger partial charge in [-0.1, -0.05) is 39.8 Å². The second kappa shape index (κ2) is 15.5. The molecule has 0 aliphatic rings. The van der Waals surface area contributed by atoms with Gasteiger partial charge < -0.3 is 20.8 Å². The molecule has 0 spiro atoms. The molecule has 0 fully saturated rings. The van der Waals surface area contributed by atoms with Crippen LogP contribution in [0.25, 0.3) is 0 Å². The lowest BCUT2D eigenvalue weighted by molar-refractivity contribution is 0.0651. The highest BCUT2D eigenvalue weighted by Gasteiger charge is 2.13. The standard InChI is InChI=1S/C8H6O4.2C4H11N/c9-7(10)5-3-1-2-4-6(5)8(11)12;2*1-3-5-4-2/h1-4H,(H,9,10)(H,11,12);2*5H,3-4H2,1-2H3. The van der Waals surface area contributed by atoms with Gasteiger partial charge in [-0.05, 0) is 38.3 Å². The Morgan fingerprint density at radius 1 is 0.773 bits per heavy atom. The molecule has 0 saturated carbocycles. The molecular formula is C16H28N2O4. The lowest BCUT2D eigenvalue weighted by atomic mass is 10.1. The summed E-state index contributed by atoms with van der Waals surface area (Å²) in [7, 11) is 0. The maximum Gasteiger partial charge on any atom is 0.336 e. The van der Waals surface area contributed by atoms with Crippen LogP contribution in [0.15, 0.2) is 24.3 Å². The Kier molecular flexibility index (Phi) is 15.7. The SMILES string of the molecule is CCNCC.CCNCC.O=C(O)c1ccccc1C(=O)O. The van der Waals surface area contributed by atoms with E-state index >= 15 is 0 Å². The zero-order chi connectivity index (χ0) is 17.4. The van der Waals surface area contributed by atoms with Crippen molar-refractivity contribution in [1.82, 2.24) is 10.6 Å². The van der Waals surface area contributed by atoms with Gasteiger partial charge in [-0.15, -0.1) is 0 Å².